The smallest absolute Gasteiger partial charge is 0.257 e. The van der Waals surface area contributed by atoms with Gasteiger partial charge < -0.3 is 11.1 Å². The number of nitrogens with two attached hydrogens (primary N) is 1. The molecule has 0 spiro atoms. The fourth-order valence-electron chi connectivity index (χ4n) is 1.63. The van der Waals surface area contributed by atoms with Crippen LogP contribution in [0.3, 0.4) is 0 Å². The third-order valence-electron chi connectivity index (χ3n) is 2.59. The van der Waals surface area contributed by atoms with E-state index in [2.05, 4.69) is 10.3 Å². The van der Waals surface area contributed by atoms with Crippen molar-refractivity contribution in [3.63, 3.8) is 0 Å². The first-order chi connectivity index (χ1) is 8.99. The zero-order chi connectivity index (χ0) is 14.0. The van der Waals surface area contributed by atoms with Crippen LogP contribution in [0.1, 0.15) is 15.9 Å². The Kier molecular flexibility index (Phi) is 3.93. The van der Waals surface area contributed by atoms with Crippen molar-refractivity contribution in [3.05, 3.63) is 51.8 Å². The molecule has 0 aliphatic rings. The summed E-state index contributed by atoms with van der Waals surface area (Å²) in [5, 5.41) is 3.11. The van der Waals surface area contributed by atoms with E-state index < -0.39 is 0 Å². The van der Waals surface area contributed by atoms with Gasteiger partial charge in [0.1, 0.15) is 5.15 Å². The molecular weight excluding hydrogens is 285 g/mol. The van der Waals surface area contributed by atoms with Crippen molar-refractivity contribution in [1.29, 1.82) is 0 Å². The van der Waals surface area contributed by atoms with Gasteiger partial charge in [-0.3, -0.25) is 4.79 Å². The van der Waals surface area contributed by atoms with Gasteiger partial charge in [0.25, 0.3) is 5.91 Å². The number of aryl methyl sites for hydroxylation is 1. The summed E-state index contributed by atoms with van der Waals surface area (Å²) in [5.41, 5.74) is 7.69. The fourth-order valence-corrected chi connectivity index (χ4v) is 2.21. The van der Waals surface area contributed by atoms with E-state index in [1.165, 1.54) is 0 Å². The fraction of sp³-hybridized carbons (Fsp3) is 0.0769. The number of rotatable bonds is 2. The van der Waals surface area contributed by atoms with Gasteiger partial charge in [-0.25, -0.2) is 4.98 Å². The van der Waals surface area contributed by atoms with Crippen LogP contribution >= 0.6 is 23.2 Å². The number of nitrogens with zero attached hydrogens (tertiary/aromatic N) is 1. The first-order valence-electron chi connectivity index (χ1n) is 5.47. The quantitative estimate of drug-likeness (QED) is 0.658. The summed E-state index contributed by atoms with van der Waals surface area (Å²) in [6.07, 6.45) is 0. The maximum Gasteiger partial charge on any atom is 0.257 e. The van der Waals surface area contributed by atoms with Gasteiger partial charge in [-0.1, -0.05) is 35.3 Å². The van der Waals surface area contributed by atoms with Crippen LogP contribution in [0.25, 0.3) is 0 Å². The second kappa shape index (κ2) is 5.47. The van der Waals surface area contributed by atoms with Crippen LogP contribution in [-0.4, -0.2) is 10.9 Å². The Balaban J connectivity index is 2.32. The normalized spacial score (nSPS) is 10.3. The monoisotopic (exact) mass is 295 g/mol. The van der Waals surface area contributed by atoms with Gasteiger partial charge in [0.15, 0.2) is 5.15 Å². The lowest BCUT2D eigenvalue weighted by Crippen LogP contribution is -2.15. The lowest BCUT2D eigenvalue weighted by molar-refractivity contribution is 0.102. The van der Waals surface area contributed by atoms with Gasteiger partial charge in [0.2, 0.25) is 0 Å². The highest BCUT2D eigenvalue weighted by molar-refractivity contribution is 6.35. The third-order valence-corrected chi connectivity index (χ3v) is 3.05. The van der Waals surface area contributed by atoms with Gasteiger partial charge in [0.05, 0.1) is 11.3 Å². The van der Waals surface area contributed by atoms with Crippen LogP contribution in [0.4, 0.5) is 11.4 Å². The van der Waals surface area contributed by atoms with E-state index in [0.29, 0.717) is 16.9 Å². The van der Waals surface area contributed by atoms with Gasteiger partial charge in [-0.2, -0.15) is 0 Å². The molecule has 6 heteroatoms. The van der Waals surface area contributed by atoms with Crippen molar-refractivity contribution >= 4 is 40.5 Å². The summed E-state index contributed by atoms with van der Waals surface area (Å²) >= 11 is 11.7. The van der Waals surface area contributed by atoms with Gasteiger partial charge >= 0.3 is 0 Å². The predicted octanol–water partition coefficient (Wildman–Crippen LogP) is 3.53. The molecular formula is C13H11Cl2N3O. The molecule has 1 heterocycles. The van der Waals surface area contributed by atoms with E-state index in [1.54, 1.807) is 37.3 Å². The number of hydrogen-bond donors (Lipinski definition) is 2. The number of carbonyl (C=O) groups excluding carboxylic acids is 1. The number of nitrogens with one attached hydrogen (secondary N) is 1. The Labute approximate surface area is 120 Å². The van der Waals surface area contributed by atoms with Crippen LogP contribution in [0.5, 0.6) is 0 Å². The first-order valence-corrected chi connectivity index (χ1v) is 6.23. The van der Waals surface area contributed by atoms with Crippen LogP contribution in [0, 0.1) is 6.92 Å². The molecule has 3 N–H and O–H groups in total. The summed E-state index contributed by atoms with van der Waals surface area (Å²) in [5.74, 6) is -0.341. The number of nitrogen functional groups attached to an aromatic ring is 1. The average molecular weight is 296 g/mol. The minimum Gasteiger partial charge on any atom is -0.398 e. The van der Waals surface area contributed by atoms with E-state index in [9.17, 15) is 4.79 Å². The number of halogens is 2. The summed E-state index contributed by atoms with van der Waals surface area (Å²) in [4.78, 5) is 16.0. The second-order valence-corrected chi connectivity index (χ2v) is 4.71. The van der Waals surface area contributed by atoms with Crippen molar-refractivity contribution in [3.8, 4) is 0 Å². The van der Waals surface area contributed by atoms with E-state index in [4.69, 9.17) is 28.9 Å². The molecule has 0 radical (unpaired) electrons. The largest absolute Gasteiger partial charge is 0.398 e. The maximum atomic E-state index is 12.1. The summed E-state index contributed by atoms with van der Waals surface area (Å²) in [6, 6.07) is 8.41. The number of para-hydroxylation sites is 1. The molecule has 2 aromatic rings. The van der Waals surface area contributed by atoms with Gasteiger partial charge in [-0.05, 0) is 30.7 Å². The Hall–Kier alpha value is -1.78. The molecule has 0 unspecified atom stereocenters. The second-order valence-electron chi connectivity index (χ2n) is 3.97. The lowest BCUT2D eigenvalue weighted by atomic mass is 10.1. The van der Waals surface area contributed by atoms with Crippen molar-refractivity contribution < 1.29 is 4.79 Å². The highest BCUT2D eigenvalue weighted by Gasteiger charge is 2.14. The van der Waals surface area contributed by atoms with E-state index in [-0.39, 0.29) is 16.2 Å². The third kappa shape index (κ3) is 2.97. The number of pyridine rings is 1. The molecule has 19 heavy (non-hydrogen) atoms. The highest BCUT2D eigenvalue weighted by atomic mass is 35.5. The van der Waals surface area contributed by atoms with Crippen molar-refractivity contribution in [1.82, 2.24) is 4.98 Å². The SMILES string of the molecule is Cc1cc(Cl)nc(Cl)c1NC(=O)c1ccccc1N. The molecule has 1 aromatic heterocycles. The molecule has 1 amide bonds. The molecule has 98 valence electrons. The molecule has 0 atom stereocenters. The zero-order valence-electron chi connectivity index (χ0n) is 10.1. The number of benzene rings is 1. The number of amides is 1. The number of anilines is 2. The van der Waals surface area contributed by atoms with E-state index in [1.807, 2.05) is 0 Å². The molecule has 0 saturated carbocycles. The standard InChI is InChI=1S/C13H11Cl2N3O/c1-7-6-10(14)17-12(15)11(7)18-13(19)8-4-2-3-5-9(8)16/h2-6H,16H2,1H3,(H,18,19). The summed E-state index contributed by atoms with van der Waals surface area (Å²) < 4.78 is 0. The molecule has 4 nitrogen and oxygen atoms in total. The van der Waals surface area contributed by atoms with Crippen LogP contribution in [0.2, 0.25) is 10.3 Å². The van der Waals surface area contributed by atoms with Crippen molar-refractivity contribution in [2.45, 2.75) is 6.92 Å². The van der Waals surface area contributed by atoms with Crippen molar-refractivity contribution in [2.24, 2.45) is 0 Å². The molecule has 2 rings (SSSR count). The maximum absolute atomic E-state index is 12.1. The van der Waals surface area contributed by atoms with Gasteiger partial charge in [-0.15, -0.1) is 0 Å². The number of carbonyl (C=O) groups is 1. The number of hydrogen-bond acceptors (Lipinski definition) is 3. The molecule has 1 aromatic carbocycles. The average Bonchev–Trinajstić information content (AvgIpc) is 2.34. The topological polar surface area (TPSA) is 68.0 Å². The minimum atomic E-state index is -0.341. The Bertz CT molecular complexity index is 621. The van der Waals surface area contributed by atoms with Crippen molar-refractivity contribution in [2.75, 3.05) is 11.1 Å². The molecule has 0 aliphatic heterocycles. The Morgan fingerprint density at radius 2 is 2.00 bits per heavy atom. The van der Waals surface area contributed by atoms with Crippen LogP contribution in [0.15, 0.2) is 30.3 Å². The minimum absolute atomic E-state index is 0.146. The Morgan fingerprint density at radius 3 is 2.63 bits per heavy atom. The van der Waals surface area contributed by atoms with Gasteiger partial charge in [0, 0.05) is 5.69 Å². The zero-order valence-corrected chi connectivity index (χ0v) is 11.6. The number of aromatic nitrogens is 1. The van der Waals surface area contributed by atoms with E-state index in [0.717, 1.165) is 5.56 Å². The highest BCUT2D eigenvalue weighted by Crippen LogP contribution is 2.27. The molecule has 0 aliphatic carbocycles. The lowest BCUT2D eigenvalue weighted by Gasteiger charge is -2.11. The molecule has 0 fully saturated rings. The molecule has 0 saturated heterocycles. The summed E-state index contributed by atoms with van der Waals surface area (Å²) in [7, 11) is 0. The summed E-state index contributed by atoms with van der Waals surface area (Å²) in [6.45, 7) is 1.78. The van der Waals surface area contributed by atoms with Crippen LogP contribution < -0.4 is 11.1 Å². The molecule has 0 bridgehead atoms. The van der Waals surface area contributed by atoms with Crippen LogP contribution in [-0.2, 0) is 0 Å². The van der Waals surface area contributed by atoms with E-state index >= 15 is 0 Å². The predicted molar refractivity (Wildman–Crippen MR) is 77.8 cm³/mol. The Morgan fingerprint density at radius 1 is 1.32 bits per heavy atom. The first kappa shape index (κ1) is 13.6.